The Labute approximate surface area is 149 Å². The SMILES string of the molecule is Fc1cccc(OCCN2CCN(c3ncnc4sccc34)CC2)c1. The second-order valence-electron chi connectivity index (χ2n) is 5.97. The molecular formula is C18H19FN4OS. The van der Waals surface area contributed by atoms with Crippen LogP contribution in [-0.4, -0.2) is 54.2 Å². The molecule has 0 aliphatic carbocycles. The molecule has 1 fully saturated rings. The van der Waals surface area contributed by atoms with Crippen LogP contribution < -0.4 is 9.64 Å². The minimum atomic E-state index is -0.268. The summed E-state index contributed by atoms with van der Waals surface area (Å²) in [6.07, 6.45) is 1.65. The van der Waals surface area contributed by atoms with Crippen LogP contribution in [0, 0.1) is 5.82 Å². The number of nitrogens with zero attached hydrogens (tertiary/aromatic N) is 4. The van der Waals surface area contributed by atoms with Crippen LogP contribution in [0.1, 0.15) is 0 Å². The molecule has 0 spiro atoms. The van der Waals surface area contributed by atoms with Crippen LogP contribution >= 0.6 is 11.3 Å². The average Bonchev–Trinajstić information content (AvgIpc) is 3.11. The van der Waals surface area contributed by atoms with E-state index in [9.17, 15) is 4.39 Å². The van der Waals surface area contributed by atoms with Gasteiger partial charge < -0.3 is 9.64 Å². The van der Waals surface area contributed by atoms with Gasteiger partial charge in [0.1, 0.15) is 35.1 Å². The summed E-state index contributed by atoms with van der Waals surface area (Å²) >= 11 is 1.64. The highest BCUT2D eigenvalue weighted by Crippen LogP contribution is 2.27. The van der Waals surface area contributed by atoms with Crippen molar-refractivity contribution < 1.29 is 9.13 Å². The fourth-order valence-electron chi connectivity index (χ4n) is 3.06. The molecule has 0 unspecified atom stereocenters. The van der Waals surface area contributed by atoms with Gasteiger partial charge in [0.15, 0.2) is 0 Å². The van der Waals surface area contributed by atoms with Gasteiger partial charge in [0.2, 0.25) is 0 Å². The predicted molar refractivity (Wildman–Crippen MR) is 98.0 cm³/mol. The maximum Gasteiger partial charge on any atom is 0.140 e. The second kappa shape index (κ2) is 7.33. The Hall–Kier alpha value is -2.25. The lowest BCUT2D eigenvalue weighted by atomic mass is 10.2. The van der Waals surface area contributed by atoms with Gasteiger partial charge in [0.05, 0.1) is 5.39 Å². The lowest BCUT2D eigenvalue weighted by Gasteiger charge is -2.35. The first kappa shape index (κ1) is 16.2. The lowest BCUT2D eigenvalue weighted by molar-refractivity contribution is 0.200. The van der Waals surface area contributed by atoms with Crippen molar-refractivity contribution in [1.29, 1.82) is 0 Å². The minimum Gasteiger partial charge on any atom is -0.492 e. The number of benzene rings is 1. The Morgan fingerprint density at radius 2 is 2.00 bits per heavy atom. The van der Waals surface area contributed by atoms with Gasteiger partial charge in [-0.25, -0.2) is 14.4 Å². The molecule has 0 radical (unpaired) electrons. The van der Waals surface area contributed by atoms with E-state index in [-0.39, 0.29) is 5.82 Å². The van der Waals surface area contributed by atoms with Crippen LogP contribution in [0.3, 0.4) is 0 Å². The Morgan fingerprint density at radius 1 is 1.12 bits per heavy atom. The summed E-state index contributed by atoms with van der Waals surface area (Å²) in [4.78, 5) is 14.5. The molecule has 25 heavy (non-hydrogen) atoms. The summed E-state index contributed by atoms with van der Waals surface area (Å²) < 4.78 is 18.8. The number of piperazine rings is 1. The third kappa shape index (κ3) is 3.72. The van der Waals surface area contributed by atoms with E-state index in [1.165, 1.54) is 12.1 Å². The number of anilines is 1. The predicted octanol–water partition coefficient (Wildman–Crippen LogP) is 3.03. The monoisotopic (exact) mass is 358 g/mol. The van der Waals surface area contributed by atoms with Crippen molar-refractivity contribution in [2.75, 3.05) is 44.2 Å². The highest BCUT2D eigenvalue weighted by atomic mass is 32.1. The van der Waals surface area contributed by atoms with Gasteiger partial charge in [-0.1, -0.05) is 6.07 Å². The van der Waals surface area contributed by atoms with E-state index in [0.717, 1.165) is 48.8 Å². The van der Waals surface area contributed by atoms with E-state index in [0.29, 0.717) is 12.4 Å². The van der Waals surface area contributed by atoms with Crippen molar-refractivity contribution in [3.63, 3.8) is 0 Å². The summed E-state index contributed by atoms with van der Waals surface area (Å²) in [6.45, 7) is 5.18. The van der Waals surface area contributed by atoms with Crippen LogP contribution in [0.2, 0.25) is 0 Å². The van der Waals surface area contributed by atoms with Crippen LogP contribution in [0.25, 0.3) is 10.2 Å². The largest absolute Gasteiger partial charge is 0.492 e. The Balaban J connectivity index is 1.29. The van der Waals surface area contributed by atoms with E-state index >= 15 is 0 Å². The molecule has 1 aliphatic rings. The van der Waals surface area contributed by atoms with Gasteiger partial charge >= 0.3 is 0 Å². The van der Waals surface area contributed by atoms with Crippen LogP contribution in [0.15, 0.2) is 42.0 Å². The molecule has 0 atom stereocenters. The normalized spacial score (nSPS) is 15.6. The van der Waals surface area contributed by atoms with Gasteiger partial charge in [0, 0.05) is 38.8 Å². The minimum absolute atomic E-state index is 0.268. The molecule has 3 aromatic rings. The van der Waals surface area contributed by atoms with Gasteiger partial charge in [-0.15, -0.1) is 11.3 Å². The topological polar surface area (TPSA) is 41.5 Å². The zero-order valence-corrected chi connectivity index (χ0v) is 14.6. The number of halogens is 1. The van der Waals surface area contributed by atoms with E-state index in [4.69, 9.17) is 4.74 Å². The highest BCUT2D eigenvalue weighted by molar-refractivity contribution is 7.16. The number of thiophene rings is 1. The van der Waals surface area contributed by atoms with Crippen molar-refractivity contribution in [3.8, 4) is 5.75 Å². The molecule has 1 aromatic carbocycles. The Kier molecular flexibility index (Phi) is 4.76. The van der Waals surface area contributed by atoms with Gasteiger partial charge in [-0.05, 0) is 23.6 Å². The summed E-state index contributed by atoms with van der Waals surface area (Å²) in [7, 11) is 0. The van der Waals surface area contributed by atoms with E-state index in [2.05, 4.69) is 31.2 Å². The molecular weight excluding hydrogens is 339 g/mol. The smallest absolute Gasteiger partial charge is 0.140 e. The number of fused-ring (bicyclic) bond motifs is 1. The molecule has 1 aliphatic heterocycles. The number of ether oxygens (including phenoxy) is 1. The zero-order chi connectivity index (χ0) is 17.1. The molecule has 0 bridgehead atoms. The van der Waals surface area contributed by atoms with Crippen molar-refractivity contribution in [2.45, 2.75) is 0 Å². The Morgan fingerprint density at radius 3 is 2.84 bits per heavy atom. The molecule has 5 nitrogen and oxygen atoms in total. The van der Waals surface area contributed by atoms with Crippen molar-refractivity contribution in [1.82, 2.24) is 14.9 Å². The summed E-state index contributed by atoms with van der Waals surface area (Å²) in [6, 6.07) is 8.37. The van der Waals surface area contributed by atoms with Gasteiger partial charge in [-0.2, -0.15) is 0 Å². The van der Waals surface area contributed by atoms with Crippen molar-refractivity contribution >= 4 is 27.4 Å². The highest BCUT2D eigenvalue weighted by Gasteiger charge is 2.20. The van der Waals surface area contributed by atoms with Gasteiger partial charge in [-0.3, -0.25) is 4.90 Å². The first-order valence-electron chi connectivity index (χ1n) is 8.33. The molecule has 2 aromatic heterocycles. The molecule has 3 heterocycles. The van der Waals surface area contributed by atoms with E-state index < -0.39 is 0 Å². The quantitative estimate of drug-likeness (QED) is 0.701. The molecule has 0 amide bonds. The third-order valence-corrected chi connectivity index (χ3v) is 5.21. The van der Waals surface area contributed by atoms with Crippen molar-refractivity contribution in [3.05, 3.63) is 47.9 Å². The lowest BCUT2D eigenvalue weighted by Crippen LogP contribution is -2.47. The molecule has 4 rings (SSSR count). The number of hydrogen-bond donors (Lipinski definition) is 0. The zero-order valence-electron chi connectivity index (χ0n) is 13.8. The molecule has 0 saturated carbocycles. The molecule has 1 saturated heterocycles. The standard InChI is InChI=1S/C18H19FN4OS/c19-14-2-1-3-15(12-14)24-10-9-22-5-7-23(8-6-22)17-16-4-11-25-18(16)21-13-20-17/h1-4,11-13H,5-10H2. The average molecular weight is 358 g/mol. The van der Waals surface area contributed by atoms with Crippen LogP contribution in [0.5, 0.6) is 5.75 Å². The Bertz CT molecular complexity index is 848. The van der Waals surface area contributed by atoms with E-state index in [1.807, 2.05) is 0 Å². The van der Waals surface area contributed by atoms with E-state index in [1.54, 1.807) is 29.8 Å². The first-order valence-corrected chi connectivity index (χ1v) is 9.21. The molecule has 7 heteroatoms. The first-order chi connectivity index (χ1) is 12.3. The third-order valence-electron chi connectivity index (χ3n) is 4.38. The van der Waals surface area contributed by atoms with Crippen LogP contribution in [-0.2, 0) is 0 Å². The maximum absolute atomic E-state index is 13.1. The summed E-state index contributed by atoms with van der Waals surface area (Å²) in [5, 5.41) is 3.19. The number of rotatable bonds is 5. The number of aromatic nitrogens is 2. The fraction of sp³-hybridized carbons (Fsp3) is 0.333. The fourth-order valence-corrected chi connectivity index (χ4v) is 3.79. The number of hydrogen-bond acceptors (Lipinski definition) is 6. The van der Waals surface area contributed by atoms with Gasteiger partial charge in [0.25, 0.3) is 0 Å². The van der Waals surface area contributed by atoms with Crippen LogP contribution in [0.4, 0.5) is 10.2 Å². The van der Waals surface area contributed by atoms with Crippen molar-refractivity contribution in [2.24, 2.45) is 0 Å². The maximum atomic E-state index is 13.1. The summed E-state index contributed by atoms with van der Waals surface area (Å²) in [5.74, 6) is 1.34. The second-order valence-corrected chi connectivity index (χ2v) is 6.87. The molecule has 130 valence electrons. The summed E-state index contributed by atoms with van der Waals surface area (Å²) in [5.41, 5.74) is 0. The molecule has 0 N–H and O–H groups in total.